The molecule has 4 rings (SSSR count). The molecule has 0 N–H and O–H groups in total. The number of fused-ring (bicyclic) bond motifs is 1. The second kappa shape index (κ2) is 8.07. The first kappa shape index (κ1) is 18.6. The molecule has 148 valence electrons. The maximum absolute atomic E-state index is 12.6. The summed E-state index contributed by atoms with van der Waals surface area (Å²) < 4.78 is 16.3. The van der Waals surface area contributed by atoms with E-state index in [0.717, 1.165) is 70.0 Å². The number of rotatable bonds is 4. The number of likely N-dealkylation sites (tertiary alicyclic amines) is 1. The molecule has 6 heteroatoms. The van der Waals surface area contributed by atoms with Gasteiger partial charge in [0.2, 0.25) is 5.91 Å². The van der Waals surface area contributed by atoms with Gasteiger partial charge in [-0.15, -0.1) is 0 Å². The van der Waals surface area contributed by atoms with Crippen molar-refractivity contribution in [3.63, 3.8) is 0 Å². The molecule has 0 spiro atoms. The third kappa shape index (κ3) is 3.78. The summed E-state index contributed by atoms with van der Waals surface area (Å²) in [5.74, 6) is 2.00. The Hall–Kier alpha value is -1.79. The lowest BCUT2D eigenvalue weighted by Gasteiger charge is -2.41. The number of carbonyl (C=O) groups excluding carboxylic acids is 1. The van der Waals surface area contributed by atoms with Crippen LogP contribution in [-0.2, 0) is 22.5 Å². The number of carbonyl (C=O) groups is 1. The molecule has 3 aliphatic heterocycles. The smallest absolute Gasteiger partial charge is 0.228 e. The van der Waals surface area contributed by atoms with Crippen LogP contribution < -0.4 is 9.47 Å². The molecule has 2 saturated heterocycles. The van der Waals surface area contributed by atoms with Gasteiger partial charge in [-0.2, -0.15) is 0 Å². The van der Waals surface area contributed by atoms with E-state index >= 15 is 0 Å². The van der Waals surface area contributed by atoms with Crippen LogP contribution in [0.15, 0.2) is 12.1 Å². The lowest BCUT2D eigenvalue weighted by atomic mass is 9.94. The molecule has 1 aromatic rings. The summed E-state index contributed by atoms with van der Waals surface area (Å²) in [4.78, 5) is 17.2. The van der Waals surface area contributed by atoms with E-state index < -0.39 is 0 Å². The van der Waals surface area contributed by atoms with Crippen molar-refractivity contribution in [3.05, 3.63) is 23.3 Å². The van der Waals surface area contributed by atoms with Crippen molar-refractivity contribution in [2.75, 3.05) is 47.1 Å². The van der Waals surface area contributed by atoms with Crippen LogP contribution in [0, 0.1) is 5.92 Å². The first-order valence-electron chi connectivity index (χ1n) is 10.0. The van der Waals surface area contributed by atoms with E-state index in [0.29, 0.717) is 18.6 Å². The zero-order valence-corrected chi connectivity index (χ0v) is 16.4. The molecular weight excluding hydrogens is 344 g/mol. The fourth-order valence-electron chi connectivity index (χ4n) is 4.66. The van der Waals surface area contributed by atoms with Crippen LogP contribution >= 0.6 is 0 Å². The van der Waals surface area contributed by atoms with Crippen molar-refractivity contribution in [3.8, 4) is 11.5 Å². The minimum Gasteiger partial charge on any atom is -0.493 e. The average molecular weight is 374 g/mol. The molecule has 0 aliphatic carbocycles. The van der Waals surface area contributed by atoms with Gasteiger partial charge >= 0.3 is 0 Å². The largest absolute Gasteiger partial charge is 0.493 e. The van der Waals surface area contributed by atoms with Crippen LogP contribution in [0.4, 0.5) is 0 Å². The highest BCUT2D eigenvalue weighted by molar-refractivity contribution is 5.79. The highest BCUT2D eigenvalue weighted by Crippen LogP contribution is 2.34. The molecule has 0 bridgehead atoms. The molecular formula is C21H30N2O4. The Balaban J connectivity index is 1.36. The van der Waals surface area contributed by atoms with E-state index in [2.05, 4.69) is 21.9 Å². The Kier molecular flexibility index (Phi) is 5.55. The van der Waals surface area contributed by atoms with Crippen molar-refractivity contribution < 1.29 is 19.0 Å². The second-order valence-corrected chi connectivity index (χ2v) is 7.81. The summed E-state index contributed by atoms with van der Waals surface area (Å²) >= 11 is 0. The van der Waals surface area contributed by atoms with E-state index in [-0.39, 0.29) is 5.92 Å². The fraction of sp³-hybridized carbons (Fsp3) is 0.667. The summed E-state index contributed by atoms with van der Waals surface area (Å²) in [6.45, 7) is 5.09. The number of methoxy groups -OCH3 is 2. The number of benzene rings is 1. The number of nitrogens with zero attached hydrogens (tertiary/aromatic N) is 2. The molecule has 1 amide bonds. The van der Waals surface area contributed by atoms with E-state index in [1.807, 2.05) is 0 Å². The fourth-order valence-corrected chi connectivity index (χ4v) is 4.66. The Labute approximate surface area is 161 Å². The number of piperidine rings is 1. The molecule has 0 saturated carbocycles. The van der Waals surface area contributed by atoms with Gasteiger partial charge in [0, 0.05) is 38.8 Å². The quantitative estimate of drug-likeness (QED) is 0.808. The van der Waals surface area contributed by atoms with Crippen molar-refractivity contribution >= 4 is 5.91 Å². The van der Waals surface area contributed by atoms with Crippen LogP contribution in [0.1, 0.15) is 30.4 Å². The van der Waals surface area contributed by atoms with Gasteiger partial charge in [-0.1, -0.05) is 0 Å². The monoisotopic (exact) mass is 374 g/mol. The summed E-state index contributed by atoms with van der Waals surface area (Å²) in [7, 11) is 3.37. The second-order valence-electron chi connectivity index (χ2n) is 7.81. The summed E-state index contributed by atoms with van der Waals surface area (Å²) in [6, 6.07) is 4.80. The molecule has 0 radical (unpaired) electrons. The third-order valence-corrected chi connectivity index (χ3v) is 6.32. The minimum absolute atomic E-state index is 0.0888. The zero-order chi connectivity index (χ0) is 18.8. The maximum Gasteiger partial charge on any atom is 0.228 e. The van der Waals surface area contributed by atoms with Crippen LogP contribution in [0.2, 0.25) is 0 Å². The van der Waals surface area contributed by atoms with E-state index in [1.165, 1.54) is 11.1 Å². The summed E-state index contributed by atoms with van der Waals surface area (Å²) in [6.07, 6.45) is 4.03. The Bertz CT molecular complexity index is 679. The van der Waals surface area contributed by atoms with Crippen molar-refractivity contribution in [2.45, 2.75) is 38.3 Å². The molecule has 1 aromatic carbocycles. The van der Waals surface area contributed by atoms with Gasteiger partial charge in [-0.25, -0.2) is 0 Å². The number of amides is 1. The Morgan fingerprint density at radius 2 is 1.74 bits per heavy atom. The zero-order valence-electron chi connectivity index (χ0n) is 16.4. The van der Waals surface area contributed by atoms with Gasteiger partial charge in [-0.3, -0.25) is 9.69 Å². The van der Waals surface area contributed by atoms with Crippen molar-refractivity contribution in [2.24, 2.45) is 5.92 Å². The Morgan fingerprint density at radius 3 is 2.37 bits per heavy atom. The van der Waals surface area contributed by atoms with E-state index in [4.69, 9.17) is 14.2 Å². The topological polar surface area (TPSA) is 51.2 Å². The van der Waals surface area contributed by atoms with E-state index in [1.54, 1.807) is 14.2 Å². The van der Waals surface area contributed by atoms with Gasteiger partial charge in [0.25, 0.3) is 0 Å². The maximum atomic E-state index is 12.6. The van der Waals surface area contributed by atoms with Gasteiger partial charge in [0.1, 0.15) is 0 Å². The normalized spacial score (nSPS) is 23.9. The van der Waals surface area contributed by atoms with Crippen molar-refractivity contribution in [1.82, 2.24) is 9.80 Å². The van der Waals surface area contributed by atoms with Crippen LogP contribution in [-0.4, -0.2) is 68.8 Å². The lowest BCUT2D eigenvalue weighted by molar-refractivity contribution is -0.137. The molecule has 0 aromatic heterocycles. The Morgan fingerprint density at radius 1 is 1.04 bits per heavy atom. The predicted octanol–water partition coefficient (Wildman–Crippen LogP) is 2.09. The average Bonchev–Trinajstić information content (AvgIpc) is 3.26. The number of ether oxygens (including phenoxy) is 3. The highest BCUT2D eigenvalue weighted by Gasteiger charge is 2.33. The van der Waals surface area contributed by atoms with E-state index in [9.17, 15) is 4.79 Å². The lowest BCUT2D eigenvalue weighted by Crippen LogP contribution is -2.49. The van der Waals surface area contributed by atoms with Gasteiger partial charge in [0.05, 0.1) is 26.7 Å². The predicted molar refractivity (Wildman–Crippen MR) is 102 cm³/mol. The highest BCUT2D eigenvalue weighted by atomic mass is 16.5. The standard InChI is InChI=1S/C21H30N2O4/c1-25-19-11-15-3-7-23(13-17(15)12-20(19)26-2)18-4-8-22(9-5-18)21(24)16-6-10-27-14-16/h11-12,16,18H,3-10,13-14H2,1-2H3/t16-/m1/s1. The minimum atomic E-state index is 0.0888. The summed E-state index contributed by atoms with van der Waals surface area (Å²) in [5, 5.41) is 0. The third-order valence-electron chi connectivity index (χ3n) is 6.32. The molecule has 27 heavy (non-hydrogen) atoms. The number of hydrogen-bond acceptors (Lipinski definition) is 5. The molecule has 6 nitrogen and oxygen atoms in total. The molecule has 1 atom stereocenters. The van der Waals surface area contributed by atoms with Crippen LogP contribution in [0.5, 0.6) is 11.5 Å². The first-order valence-corrected chi connectivity index (χ1v) is 10.0. The van der Waals surface area contributed by atoms with Gasteiger partial charge < -0.3 is 19.1 Å². The van der Waals surface area contributed by atoms with Crippen molar-refractivity contribution in [1.29, 1.82) is 0 Å². The van der Waals surface area contributed by atoms with Crippen LogP contribution in [0.25, 0.3) is 0 Å². The SMILES string of the molecule is COc1cc2c(cc1OC)CN(C1CCN(C(=O)[C@@H]3CCOC3)CC1)CC2. The number of hydrogen-bond donors (Lipinski definition) is 0. The molecule has 3 aliphatic rings. The molecule has 0 unspecified atom stereocenters. The molecule has 3 heterocycles. The van der Waals surface area contributed by atoms with Gasteiger partial charge in [0.15, 0.2) is 11.5 Å². The summed E-state index contributed by atoms with van der Waals surface area (Å²) in [5.41, 5.74) is 2.69. The van der Waals surface area contributed by atoms with Crippen LogP contribution in [0.3, 0.4) is 0 Å². The van der Waals surface area contributed by atoms with Gasteiger partial charge in [-0.05, 0) is 48.9 Å². The first-order chi connectivity index (χ1) is 13.2. The molecule has 2 fully saturated rings.